The molecule has 104 valence electrons. The number of halogens is 1. The lowest BCUT2D eigenvalue weighted by atomic mass is 9.99. The fourth-order valence-corrected chi connectivity index (χ4v) is 2.92. The van der Waals surface area contributed by atoms with E-state index in [1.54, 1.807) is 0 Å². The van der Waals surface area contributed by atoms with Crippen LogP contribution in [-0.2, 0) is 17.8 Å². The molecule has 0 fully saturated rings. The van der Waals surface area contributed by atoms with Gasteiger partial charge in [0.15, 0.2) is 0 Å². The fourth-order valence-electron chi connectivity index (χ4n) is 2.37. The van der Waals surface area contributed by atoms with Gasteiger partial charge in [0.2, 0.25) is 5.91 Å². The number of benzene rings is 1. The molecule has 0 radical (unpaired) electrons. The second-order valence-corrected chi connectivity index (χ2v) is 5.59. The van der Waals surface area contributed by atoms with Gasteiger partial charge in [-0.15, -0.1) is 0 Å². The number of aromatic amines is 1. The lowest BCUT2D eigenvalue weighted by Crippen LogP contribution is -2.18. The third-order valence-corrected chi connectivity index (χ3v) is 3.90. The van der Waals surface area contributed by atoms with Crippen molar-refractivity contribution in [2.75, 3.05) is 12.4 Å². The van der Waals surface area contributed by atoms with E-state index < -0.39 is 0 Å². The molecule has 6 heteroatoms. The van der Waals surface area contributed by atoms with Gasteiger partial charge in [0.05, 0.1) is 6.54 Å². The molecule has 1 aliphatic heterocycles. The quantitative estimate of drug-likeness (QED) is 0.807. The zero-order valence-electron chi connectivity index (χ0n) is 11.1. The van der Waals surface area contributed by atoms with Gasteiger partial charge in [-0.1, -0.05) is 6.07 Å². The van der Waals surface area contributed by atoms with Crippen molar-refractivity contribution >= 4 is 27.5 Å². The number of aromatic nitrogens is 2. The molecule has 0 saturated carbocycles. The standard InChI is InChI=1S/C14H15BrN4O/c1-16-7-11-18-13(14(15)19-11)9-2-4-10-8(6-9)3-5-12(20)17-10/h2,4,6,16H,3,5,7H2,1H3,(H,17,20)(H,18,19). The second-order valence-electron chi connectivity index (χ2n) is 4.80. The summed E-state index contributed by atoms with van der Waals surface area (Å²) in [6, 6.07) is 6.02. The monoisotopic (exact) mass is 334 g/mol. The number of fused-ring (bicyclic) bond motifs is 1. The first-order valence-corrected chi connectivity index (χ1v) is 7.29. The molecule has 3 rings (SSSR count). The van der Waals surface area contributed by atoms with Crippen LogP contribution < -0.4 is 10.6 Å². The van der Waals surface area contributed by atoms with Crippen LogP contribution in [0.2, 0.25) is 0 Å². The van der Waals surface area contributed by atoms with Crippen molar-refractivity contribution < 1.29 is 4.79 Å². The number of nitrogens with one attached hydrogen (secondary N) is 3. The number of aryl methyl sites for hydroxylation is 1. The fraction of sp³-hybridized carbons (Fsp3) is 0.286. The van der Waals surface area contributed by atoms with Crippen LogP contribution in [0.3, 0.4) is 0 Å². The van der Waals surface area contributed by atoms with Crippen molar-refractivity contribution in [3.63, 3.8) is 0 Å². The van der Waals surface area contributed by atoms with Crippen LogP contribution in [0.4, 0.5) is 5.69 Å². The van der Waals surface area contributed by atoms with Gasteiger partial charge in [0.1, 0.15) is 16.1 Å². The molecule has 0 atom stereocenters. The number of H-pyrrole nitrogens is 1. The largest absolute Gasteiger partial charge is 0.335 e. The predicted octanol–water partition coefficient (Wildman–Crippen LogP) is 2.44. The number of rotatable bonds is 3. The van der Waals surface area contributed by atoms with Crippen LogP contribution in [0.1, 0.15) is 17.8 Å². The van der Waals surface area contributed by atoms with Gasteiger partial charge in [0.25, 0.3) is 0 Å². The van der Waals surface area contributed by atoms with E-state index in [2.05, 4.69) is 42.6 Å². The maximum absolute atomic E-state index is 11.4. The Morgan fingerprint density at radius 3 is 3.05 bits per heavy atom. The minimum absolute atomic E-state index is 0.0857. The second kappa shape index (κ2) is 5.38. The highest BCUT2D eigenvalue weighted by molar-refractivity contribution is 9.10. The van der Waals surface area contributed by atoms with Crippen LogP contribution in [-0.4, -0.2) is 22.9 Å². The molecular formula is C14H15BrN4O. The molecular weight excluding hydrogens is 320 g/mol. The summed E-state index contributed by atoms with van der Waals surface area (Å²) in [5, 5.41) is 5.96. The van der Waals surface area contributed by atoms with E-state index in [1.165, 1.54) is 0 Å². The number of hydrogen-bond donors (Lipinski definition) is 3. The highest BCUT2D eigenvalue weighted by Gasteiger charge is 2.17. The van der Waals surface area contributed by atoms with Crippen molar-refractivity contribution in [3.8, 4) is 11.3 Å². The third kappa shape index (κ3) is 2.48. The number of carbonyl (C=O) groups is 1. The average Bonchev–Trinajstić information content (AvgIpc) is 2.79. The molecule has 2 aromatic rings. The van der Waals surface area contributed by atoms with Gasteiger partial charge in [-0.25, -0.2) is 4.98 Å². The molecule has 0 unspecified atom stereocenters. The lowest BCUT2D eigenvalue weighted by Gasteiger charge is -2.17. The van der Waals surface area contributed by atoms with Crippen molar-refractivity contribution in [2.24, 2.45) is 0 Å². The van der Waals surface area contributed by atoms with Crippen molar-refractivity contribution in [2.45, 2.75) is 19.4 Å². The number of imidazole rings is 1. The van der Waals surface area contributed by atoms with E-state index in [0.29, 0.717) is 13.0 Å². The highest BCUT2D eigenvalue weighted by Crippen LogP contribution is 2.31. The first-order chi connectivity index (χ1) is 9.67. The van der Waals surface area contributed by atoms with Gasteiger partial charge in [-0.2, -0.15) is 0 Å². The summed E-state index contributed by atoms with van der Waals surface area (Å²) in [6.07, 6.45) is 1.32. The molecule has 5 nitrogen and oxygen atoms in total. The SMILES string of the molecule is CNCc1nc(-c2ccc3c(c2)CCC(=O)N3)c(Br)[nH]1. The van der Waals surface area contributed by atoms with Crippen LogP contribution in [0, 0.1) is 0 Å². The highest BCUT2D eigenvalue weighted by atomic mass is 79.9. The molecule has 0 spiro atoms. The smallest absolute Gasteiger partial charge is 0.224 e. The zero-order chi connectivity index (χ0) is 14.1. The van der Waals surface area contributed by atoms with Crippen molar-refractivity contribution in [3.05, 3.63) is 34.2 Å². The maximum atomic E-state index is 11.4. The Balaban J connectivity index is 1.96. The van der Waals surface area contributed by atoms with Gasteiger partial charge < -0.3 is 15.6 Å². The van der Waals surface area contributed by atoms with Crippen LogP contribution in [0.25, 0.3) is 11.3 Å². The number of anilines is 1. The molecule has 3 N–H and O–H groups in total. The maximum Gasteiger partial charge on any atom is 0.224 e. The number of hydrogen-bond acceptors (Lipinski definition) is 3. The van der Waals surface area contributed by atoms with Crippen LogP contribution in [0.15, 0.2) is 22.8 Å². The first-order valence-electron chi connectivity index (χ1n) is 6.49. The van der Waals surface area contributed by atoms with E-state index in [4.69, 9.17) is 0 Å². The molecule has 0 bridgehead atoms. The minimum Gasteiger partial charge on any atom is -0.335 e. The molecule has 1 aliphatic rings. The third-order valence-electron chi connectivity index (χ3n) is 3.33. The summed E-state index contributed by atoms with van der Waals surface area (Å²) < 4.78 is 0.877. The van der Waals surface area contributed by atoms with Crippen molar-refractivity contribution in [1.29, 1.82) is 0 Å². The summed E-state index contributed by atoms with van der Waals surface area (Å²) in [6.45, 7) is 0.694. The Hall–Kier alpha value is -1.66. The predicted molar refractivity (Wildman–Crippen MR) is 81.4 cm³/mol. The summed E-state index contributed by atoms with van der Waals surface area (Å²) in [7, 11) is 1.89. The molecule has 20 heavy (non-hydrogen) atoms. The Kier molecular flexibility index (Phi) is 3.58. The van der Waals surface area contributed by atoms with E-state index in [1.807, 2.05) is 19.2 Å². The number of amides is 1. The Labute approximate surface area is 125 Å². The molecule has 2 heterocycles. The van der Waals surface area contributed by atoms with E-state index in [-0.39, 0.29) is 5.91 Å². The molecule has 1 amide bonds. The summed E-state index contributed by atoms with van der Waals surface area (Å²) in [5.41, 5.74) is 4.01. The molecule has 0 saturated heterocycles. The number of nitrogens with zero attached hydrogens (tertiary/aromatic N) is 1. The Morgan fingerprint density at radius 1 is 1.40 bits per heavy atom. The average molecular weight is 335 g/mol. The van der Waals surface area contributed by atoms with Crippen LogP contribution >= 0.6 is 15.9 Å². The molecule has 1 aromatic carbocycles. The van der Waals surface area contributed by atoms with Gasteiger partial charge >= 0.3 is 0 Å². The van der Waals surface area contributed by atoms with Gasteiger partial charge in [-0.05, 0) is 47.1 Å². The van der Waals surface area contributed by atoms with Gasteiger partial charge in [0, 0.05) is 17.7 Å². The summed E-state index contributed by atoms with van der Waals surface area (Å²) in [5.74, 6) is 0.975. The van der Waals surface area contributed by atoms with E-state index in [9.17, 15) is 4.79 Å². The summed E-state index contributed by atoms with van der Waals surface area (Å²) in [4.78, 5) is 19.2. The Bertz CT molecular complexity index is 665. The Morgan fingerprint density at radius 2 is 2.25 bits per heavy atom. The number of carbonyl (C=O) groups excluding carboxylic acids is 1. The van der Waals surface area contributed by atoms with E-state index in [0.717, 1.165) is 39.4 Å². The van der Waals surface area contributed by atoms with Crippen molar-refractivity contribution in [1.82, 2.24) is 15.3 Å². The zero-order valence-corrected chi connectivity index (χ0v) is 12.7. The molecule has 0 aliphatic carbocycles. The van der Waals surface area contributed by atoms with Crippen LogP contribution in [0.5, 0.6) is 0 Å². The lowest BCUT2D eigenvalue weighted by molar-refractivity contribution is -0.116. The summed E-state index contributed by atoms with van der Waals surface area (Å²) >= 11 is 3.51. The topological polar surface area (TPSA) is 69.8 Å². The van der Waals surface area contributed by atoms with Gasteiger partial charge in [-0.3, -0.25) is 4.79 Å². The molecule has 1 aromatic heterocycles. The first kappa shape index (κ1) is 13.3. The minimum atomic E-state index is 0.0857. The van der Waals surface area contributed by atoms with E-state index >= 15 is 0 Å². The normalized spacial score (nSPS) is 14.0.